The smallest absolute Gasteiger partial charge is 0.229 e. The Labute approximate surface area is 140 Å². The van der Waals surface area contributed by atoms with Gasteiger partial charge < -0.3 is 10.2 Å². The molecule has 1 fully saturated rings. The minimum atomic E-state index is -0.349. The Bertz CT molecular complexity index is 731. The molecule has 0 saturated carbocycles. The molecule has 1 N–H and O–H groups in total. The first-order valence-corrected chi connectivity index (χ1v) is 7.93. The largest absolute Gasteiger partial charge is 0.338 e. The number of amides is 2. The van der Waals surface area contributed by atoms with Gasteiger partial charge in [0.25, 0.3) is 0 Å². The number of benzene rings is 2. The van der Waals surface area contributed by atoms with Crippen LogP contribution in [-0.4, -0.2) is 23.8 Å². The van der Waals surface area contributed by atoms with Crippen LogP contribution in [0.1, 0.15) is 24.4 Å². The van der Waals surface area contributed by atoms with E-state index in [1.54, 1.807) is 11.9 Å². The number of nitrogens with zero attached hydrogens (tertiary/aromatic N) is 1. The maximum Gasteiger partial charge on any atom is 0.229 e. The van der Waals surface area contributed by atoms with Crippen LogP contribution in [0, 0.1) is 11.7 Å². The zero-order valence-corrected chi connectivity index (χ0v) is 13.4. The van der Waals surface area contributed by atoms with Gasteiger partial charge in [-0.25, -0.2) is 4.39 Å². The summed E-state index contributed by atoms with van der Waals surface area (Å²) in [5, 5.41) is 2.83. The molecule has 1 aliphatic heterocycles. The van der Waals surface area contributed by atoms with Crippen LogP contribution < -0.4 is 5.32 Å². The number of anilines is 1. The van der Waals surface area contributed by atoms with E-state index in [0.29, 0.717) is 18.5 Å². The normalized spacial score (nSPS) is 20.8. The number of hydrogen-bond donors (Lipinski definition) is 1. The summed E-state index contributed by atoms with van der Waals surface area (Å²) in [6, 6.07) is 14.9. The third-order valence-corrected chi connectivity index (χ3v) is 4.45. The summed E-state index contributed by atoms with van der Waals surface area (Å²) in [6.45, 7) is 0. The number of piperidine rings is 1. The standard InChI is InChI=1S/C19H19FN2O2/c1-22-17(23)12-11-16(18(22)13-5-3-2-4-6-13)19(24)21-15-9-7-14(20)8-10-15/h2-10,16,18H,11-12H2,1H3,(H,21,24)/t16-,18+/m0/s1. The highest BCUT2D eigenvalue weighted by Crippen LogP contribution is 2.36. The second kappa shape index (κ2) is 6.83. The number of nitrogens with one attached hydrogen (secondary N) is 1. The molecule has 124 valence electrons. The molecular formula is C19H19FN2O2. The Hall–Kier alpha value is -2.69. The number of carbonyl (C=O) groups excluding carboxylic acids is 2. The van der Waals surface area contributed by atoms with Crippen molar-refractivity contribution in [2.75, 3.05) is 12.4 Å². The summed E-state index contributed by atoms with van der Waals surface area (Å²) in [6.07, 6.45) is 0.844. The van der Waals surface area contributed by atoms with Gasteiger partial charge in [-0.05, 0) is 36.2 Å². The highest BCUT2D eigenvalue weighted by molar-refractivity contribution is 5.94. The average Bonchev–Trinajstić information content (AvgIpc) is 2.60. The topological polar surface area (TPSA) is 49.4 Å². The van der Waals surface area contributed by atoms with Gasteiger partial charge in [0.15, 0.2) is 0 Å². The van der Waals surface area contributed by atoms with Gasteiger partial charge >= 0.3 is 0 Å². The number of rotatable bonds is 3. The highest BCUT2D eigenvalue weighted by Gasteiger charge is 2.38. The fourth-order valence-corrected chi connectivity index (χ4v) is 3.19. The molecule has 1 heterocycles. The van der Waals surface area contributed by atoms with Crippen molar-refractivity contribution in [2.45, 2.75) is 18.9 Å². The molecule has 3 rings (SSSR count). The van der Waals surface area contributed by atoms with Gasteiger partial charge in [0.2, 0.25) is 11.8 Å². The molecule has 0 unspecified atom stereocenters. The molecule has 0 spiro atoms. The molecule has 0 radical (unpaired) electrons. The Morgan fingerprint density at radius 1 is 1.12 bits per heavy atom. The maximum absolute atomic E-state index is 13.0. The third-order valence-electron chi connectivity index (χ3n) is 4.45. The van der Waals surface area contributed by atoms with E-state index in [2.05, 4.69) is 5.32 Å². The van der Waals surface area contributed by atoms with Gasteiger partial charge in [0, 0.05) is 19.2 Å². The Morgan fingerprint density at radius 3 is 2.46 bits per heavy atom. The fraction of sp³-hybridized carbons (Fsp3) is 0.263. The summed E-state index contributed by atoms with van der Waals surface area (Å²) in [4.78, 5) is 26.5. The van der Waals surface area contributed by atoms with Crippen molar-refractivity contribution in [3.05, 3.63) is 66.0 Å². The lowest BCUT2D eigenvalue weighted by atomic mass is 9.84. The number of hydrogen-bond acceptors (Lipinski definition) is 2. The van der Waals surface area contributed by atoms with E-state index >= 15 is 0 Å². The number of carbonyl (C=O) groups is 2. The van der Waals surface area contributed by atoms with E-state index in [9.17, 15) is 14.0 Å². The van der Waals surface area contributed by atoms with Gasteiger partial charge in [-0.3, -0.25) is 9.59 Å². The van der Waals surface area contributed by atoms with E-state index in [-0.39, 0.29) is 29.6 Å². The van der Waals surface area contributed by atoms with Gasteiger partial charge in [-0.15, -0.1) is 0 Å². The Morgan fingerprint density at radius 2 is 1.79 bits per heavy atom. The SMILES string of the molecule is CN1C(=O)CC[C@H](C(=O)Nc2ccc(F)cc2)[C@H]1c1ccccc1. The minimum absolute atomic E-state index is 0.0367. The van der Waals surface area contributed by atoms with E-state index in [1.165, 1.54) is 24.3 Å². The zero-order valence-electron chi connectivity index (χ0n) is 13.4. The molecule has 1 aliphatic rings. The predicted octanol–water partition coefficient (Wildman–Crippen LogP) is 3.37. The second-order valence-corrected chi connectivity index (χ2v) is 6.00. The molecule has 4 nitrogen and oxygen atoms in total. The molecule has 5 heteroatoms. The molecule has 2 amide bonds. The van der Waals surface area contributed by atoms with Crippen molar-refractivity contribution in [3.63, 3.8) is 0 Å². The highest BCUT2D eigenvalue weighted by atomic mass is 19.1. The first-order valence-electron chi connectivity index (χ1n) is 7.93. The summed E-state index contributed by atoms with van der Waals surface area (Å²) < 4.78 is 13.0. The van der Waals surface area contributed by atoms with Crippen LogP contribution >= 0.6 is 0 Å². The molecule has 1 saturated heterocycles. The molecule has 2 aromatic carbocycles. The van der Waals surface area contributed by atoms with E-state index in [4.69, 9.17) is 0 Å². The first-order chi connectivity index (χ1) is 11.6. The lowest BCUT2D eigenvalue weighted by Gasteiger charge is -2.38. The lowest BCUT2D eigenvalue weighted by Crippen LogP contribution is -2.44. The van der Waals surface area contributed by atoms with Crippen LogP contribution in [0.3, 0.4) is 0 Å². The maximum atomic E-state index is 13.0. The first kappa shape index (κ1) is 16.2. The van der Waals surface area contributed by atoms with E-state index in [1.807, 2.05) is 30.3 Å². The lowest BCUT2D eigenvalue weighted by molar-refractivity contribution is -0.140. The molecule has 2 atom stereocenters. The molecular weight excluding hydrogens is 307 g/mol. The van der Waals surface area contributed by atoms with Gasteiger partial charge in [-0.1, -0.05) is 30.3 Å². The van der Waals surface area contributed by atoms with Gasteiger partial charge in [0.05, 0.1) is 12.0 Å². The van der Waals surface area contributed by atoms with Crippen molar-refractivity contribution in [3.8, 4) is 0 Å². The van der Waals surface area contributed by atoms with Crippen LogP contribution in [0.4, 0.5) is 10.1 Å². The molecule has 2 aromatic rings. The van der Waals surface area contributed by atoms with Crippen molar-refractivity contribution in [1.82, 2.24) is 4.90 Å². The van der Waals surface area contributed by atoms with Crippen LogP contribution in [-0.2, 0) is 9.59 Å². The fourth-order valence-electron chi connectivity index (χ4n) is 3.19. The van der Waals surface area contributed by atoms with E-state index in [0.717, 1.165) is 5.56 Å². The van der Waals surface area contributed by atoms with Crippen molar-refractivity contribution in [1.29, 1.82) is 0 Å². The molecule has 0 bridgehead atoms. The summed E-state index contributed by atoms with van der Waals surface area (Å²) in [5.74, 6) is -0.817. The second-order valence-electron chi connectivity index (χ2n) is 6.00. The Kier molecular flexibility index (Phi) is 4.60. The van der Waals surface area contributed by atoms with Crippen LogP contribution in [0.25, 0.3) is 0 Å². The van der Waals surface area contributed by atoms with Gasteiger partial charge in [-0.2, -0.15) is 0 Å². The van der Waals surface area contributed by atoms with Crippen LogP contribution in [0.2, 0.25) is 0 Å². The predicted molar refractivity (Wildman–Crippen MR) is 89.7 cm³/mol. The quantitative estimate of drug-likeness (QED) is 0.940. The van der Waals surface area contributed by atoms with Crippen molar-refractivity contribution >= 4 is 17.5 Å². The minimum Gasteiger partial charge on any atom is -0.338 e. The third kappa shape index (κ3) is 3.30. The monoisotopic (exact) mass is 326 g/mol. The van der Waals surface area contributed by atoms with Crippen molar-refractivity contribution in [2.24, 2.45) is 5.92 Å². The van der Waals surface area contributed by atoms with Crippen molar-refractivity contribution < 1.29 is 14.0 Å². The molecule has 0 aliphatic carbocycles. The average molecular weight is 326 g/mol. The summed E-state index contributed by atoms with van der Waals surface area (Å²) in [5.41, 5.74) is 1.49. The Balaban J connectivity index is 1.84. The zero-order chi connectivity index (χ0) is 17.1. The number of halogens is 1. The van der Waals surface area contributed by atoms with Crippen LogP contribution in [0.15, 0.2) is 54.6 Å². The number of likely N-dealkylation sites (tertiary alicyclic amines) is 1. The summed E-state index contributed by atoms with van der Waals surface area (Å²) in [7, 11) is 1.73. The van der Waals surface area contributed by atoms with Gasteiger partial charge in [0.1, 0.15) is 5.82 Å². The summed E-state index contributed by atoms with van der Waals surface area (Å²) >= 11 is 0. The van der Waals surface area contributed by atoms with Crippen LogP contribution in [0.5, 0.6) is 0 Å². The van der Waals surface area contributed by atoms with E-state index < -0.39 is 0 Å². The molecule has 24 heavy (non-hydrogen) atoms. The molecule has 0 aromatic heterocycles.